The molecule has 0 amide bonds. The van der Waals surface area contributed by atoms with Crippen LogP contribution >= 0.6 is 0 Å². The fraction of sp³-hybridized carbons (Fsp3) is 0.889. The third-order valence-corrected chi connectivity index (χ3v) is 1.58. The van der Waals surface area contributed by atoms with Crippen molar-refractivity contribution < 1.29 is 14.6 Å². The van der Waals surface area contributed by atoms with E-state index in [0.29, 0.717) is 6.61 Å². The zero-order valence-electron chi connectivity index (χ0n) is 7.88. The zero-order chi connectivity index (χ0) is 9.40. The van der Waals surface area contributed by atoms with Crippen LogP contribution in [0.1, 0.15) is 39.5 Å². The first-order chi connectivity index (χ1) is 5.68. The van der Waals surface area contributed by atoms with Crippen molar-refractivity contribution in [1.82, 2.24) is 0 Å². The monoisotopic (exact) mass is 198 g/mol. The first-order valence-corrected chi connectivity index (χ1v) is 4.53. The summed E-state index contributed by atoms with van der Waals surface area (Å²) in [6.45, 7) is 3.97. The Kier molecular flexibility index (Phi) is 12.8. The molecule has 0 bridgehead atoms. The van der Waals surface area contributed by atoms with Gasteiger partial charge in [-0.25, -0.2) is 4.79 Å². The summed E-state index contributed by atoms with van der Waals surface area (Å²) in [6.07, 6.45) is 3.34. The molecule has 0 aromatic carbocycles. The molecule has 0 aliphatic rings. The Labute approximate surface area is 102 Å². The molecule has 0 fully saturated rings. The fourth-order valence-corrected chi connectivity index (χ4v) is 0.822. The van der Waals surface area contributed by atoms with Crippen LogP contribution in [0.4, 0.5) is 0 Å². The van der Waals surface area contributed by atoms with E-state index in [4.69, 9.17) is 9.84 Å². The summed E-state index contributed by atoms with van der Waals surface area (Å²) in [5.41, 5.74) is 0. The molecule has 4 heteroatoms. The third-order valence-electron chi connectivity index (χ3n) is 1.58. The van der Waals surface area contributed by atoms with E-state index in [9.17, 15) is 4.79 Å². The van der Waals surface area contributed by atoms with E-state index in [-0.39, 0.29) is 29.6 Å². The van der Waals surface area contributed by atoms with Gasteiger partial charge in [-0.1, -0.05) is 26.2 Å². The van der Waals surface area contributed by atoms with Crippen LogP contribution in [0.2, 0.25) is 0 Å². The molecule has 0 rings (SSSR count). The molecule has 0 radical (unpaired) electrons. The van der Waals surface area contributed by atoms with E-state index in [2.05, 4.69) is 6.92 Å². The van der Waals surface area contributed by atoms with E-state index < -0.39 is 12.1 Å². The number of carbonyl (C=O) groups excluding carboxylic acids is 1. The van der Waals surface area contributed by atoms with Crippen molar-refractivity contribution in [2.75, 3.05) is 6.61 Å². The molecule has 0 saturated heterocycles. The Bertz CT molecular complexity index is 126. The predicted molar refractivity (Wildman–Crippen MR) is 53.9 cm³/mol. The molecule has 0 aromatic rings. The number of aliphatic hydroxyl groups is 1. The van der Waals surface area contributed by atoms with Gasteiger partial charge < -0.3 is 9.84 Å². The molecule has 0 aliphatic heterocycles. The van der Waals surface area contributed by atoms with Crippen LogP contribution in [-0.4, -0.2) is 53.3 Å². The van der Waals surface area contributed by atoms with Gasteiger partial charge in [-0.2, -0.15) is 0 Å². The summed E-state index contributed by atoms with van der Waals surface area (Å²) in [5.74, 6) is -0.522. The molecule has 1 unspecified atom stereocenters. The van der Waals surface area contributed by atoms with Gasteiger partial charge >= 0.3 is 35.5 Å². The van der Waals surface area contributed by atoms with Gasteiger partial charge in [0.05, 0.1) is 6.61 Å². The molecule has 0 spiro atoms. The van der Waals surface area contributed by atoms with Gasteiger partial charge in [-0.15, -0.1) is 0 Å². The molecule has 0 aliphatic carbocycles. The third kappa shape index (κ3) is 10.4. The number of ether oxygens (including phenoxy) is 1. The second kappa shape index (κ2) is 10.5. The predicted octanol–water partition coefficient (Wildman–Crippen LogP) is 0.842. The van der Waals surface area contributed by atoms with Crippen molar-refractivity contribution in [1.29, 1.82) is 0 Å². The summed E-state index contributed by atoms with van der Waals surface area (Å²) >= 11 is 0. The number of carbonyl (C=O) groups is 1. The van der Waals surface area contributed by atoms with Crippen molar-refractivity contribution in [3.63, 3.8) is 0 Å². The van der Waals surface area contributed by atoms with Crippen molar-refractivity contribution in [3.05, 3.63) is 0 Å². The second-order valence-corrected chi connectivity index (χ2v) is 2.90. The molecule has 3 nitrogen and oxygen atoms in total. The molecular weight excluding hydrogens is 179 g/mol. The van der Waals surface area contributed by atoms with Crippen LogP contribution < -0.4 is 0 Å². The van der Waals surface area contributed by atoms with Gasteiger partial charge in [0.25, 0.3) is 0 Å². The van der Waals surface area contributed by atoms with Crippen LogP contribution in [0, 0.1) is 0 Å². The molecule has 74 valence electrons. The van der Waals surface area contributed by atoms with Crippen LogP contribution in [0.15, 0.2) is 0 Å². The van der Waals surface area contributed by atoms with Gasteiger partial charge in [0.15, 0.2) is 0 Å². The number of rotatable bonds is 6. The van der Waals surface area contributed by atoms with E-state index in [1.165, 1.54) is 19.8 Å². The summed E-state index contributed by atoms with van der Waals surface area (Å²) < 4.78 is 4.76. The number of unbranched alkanes of at least 4 members (excludes halogenated alkanes) is 3. The maximum atomic E-state index is 10.7. The van der Waals surface area contributed by atoms with E-state index in [1.54, 1.807) is 0 Å². The Morgan fingerprint density at radius 3 is 2.46 bits per heavy atom. The maximum absolute atomic E-state index is 10.7. The molecule has 0 saturated carbocycles. The van der Waals surface area contributed by atoms with Gasteiger partial charge in [0.2, 0.25) is 0 Å². The van der Waals surface area contributed by atoms with E-state index in [0.717, 1.165) is 12.8 Å². The quantitative estimate of drug-likeness (QED) is 0.391. The Morgan fingerprint density at radius 1 is 1.38 bits per heavy atom. The topological polar surface area (TPSA) is 46.5 Å². The average Bonchev–Trinajstić information content (AvgIpc) is 2.03. The first-order valence-electron chi connectivity index (χ1n) is 4.53. The Balaban J connectivity index is 0. The minimum atomic E-state index is -0.990. The SMILES string of the molecule is CCCCCCOC(=O)C(C)O.[NaH]. The van der Waals surface area contributed by atoms with Crippen LogP contribution in [0.25, 0.3) is 0 Å². The summed E-state index contributed by atoms with van der Waals surface area (Å²) in [4.78, 5) is 10.7. The van der Waals surface area contributed by atoms with Crippen LogP contribution in [0.5, 0.6) is 0 Å². The van der Waals surface area contributed by atoms with Crippen molar-refractivity contribution >= 4 is 35.5 Å². The normalized spacial score (nSPS) is 11.6. The molecular formula is C9H19NaO3. The molecule has 1 atom stereocenters. The summed E-state index contributed by atoms with van der Waals surface area (Å²) in [6, 6.07) is 0. The number of hydrogen-bond acceptors (Lipinski definition) is 3. The van der Waals surface area contributed by atoms with Gasteiger partial charge in [0, 0.05) is 0 Å². The average molecular weight is 198 g/mol. The molecule has 0 aromatic heterocycles. The van der Waals surface area contributed by atoms with Crippen molar-refractivity contribution in [2.45, 2.75) is 45.6 Å². The van der Waals surface area contributed by atoms with Gasteiger partial charge in [-0.05, 0) is 13.3 Å². The molecule has 13 heavy (non-hydrogen) atoms. The Morgan fingerprint density at radius 2 is 2.00 bits per heavy atom. The second-order valence-electron chi connectivity index (χ2n) is 2.90. The number of hydrogen-bond donors (Lipinski definition) is 1. The van der Waals surface area contributed by atoms with Crippen molar-refractivity contribution in [3.8, 4) is 0 Å². The number of aliphatic hydroxyl groups excluding tert-OH is 1. The molecule has 0 heterocycles. The first kappa shape index (κ1) is 15.9. The Hall–Kier alpha value is 0.430. The standard InChI is InChI=1S/C9H18O3.Na.H/c1-3-4-5-6-7-12-9(11)8(2)10;;/h8,10H,3-7H2,1-2H3;;. The van der Waals surface area contributed by atoms with Gasteiger partial charge in [0.1, 0.15) is 6.10 Å². The minimum absolute atomic E-state index is 0. The van der Waals surface area contributed by atoms with Crippen LogP contribution in [-0.2, 0) is 9.53 Å². The molecule has 1 N–H and O–H groups in total. The summed E-state index contributed by atoms with van der Waals surface area (Å²) in [5, 5.41) is 8.75. The summed E-state index contributed by atoms with van der Waals surface area (Å²) in [7, 11) is 0. The van der Waals surface area contributed by atoms with Crippen LogP contribution in [0.3, 0.4) is 0 Å². The van der Waals surface area contributed by atoms with Crippen molar-refractivity contribution in [2.24, 2.45) is 0 Å². The van der Waals surface area contributed by atoms with Gasteiger partial charge in [-0.3, -0.25) is 0 Å². The van der Waals surface area contributed by atoms with E-state index >= 15 is 0 Å². The zero-order valence-corrected chi connectivity index (χ0v) is 7.88. The fourth-order valence-electron chi connectivity index (χ4n) is 0.822. The van der Waals surface area contributed by atoms with E-state index in [1.807, 2.05) is 0 Å². The number of esters is 1.